The molecule has 0 spiro atoms. The number of hydrogen-bond donors (Lipinski definition) is 3. The van der Waals surface area contributed by atoms with Crippen molar-refractivity contribution in [3.05, 3.63) is 23.8 Å². The number of anilines is 1. The van der Waals surface area contributed by atoms with Crippen molar-refractivity contribution < 1.29 is 4.74 Å². The third kappa shape index (κ3) is 1.86. The van der Waals surface area contributed by atoms with Gasteiger partial charge in [-0.15, -0.1) is 0 Å². The first-order valence-corrected chi connectivity index (χ1v) is 5.58. The lowest BCUT2D eigenvalue weighted by molar-refractivity contribution is 0.414. The predicted molar refractivity (Wildman–Crippen MR) is 65.0 cm³/mol. The molecule has 0 bridgehead atoms. The fraction of sp³-hybridized carbons (Fsp3) is 0.500. The quantitative estimate of drug-likeness (QED) is 0.662. The number of hydrazine groups is 1. The van der Waals surface area contributed by atoms with Crippen LogP contribution in [0.25, 0.3) is 0 Å². The Morgan fingerprint density at radius 2 is 2.00 bits per heavy atom. The van der Waals surface area contributed by atoms with Crippen molar-refractivity contribution in [1.29, 1.82) is 0 Å². The van der Waals surface area contributed by atoms with Gasteiger partial charge in [-0.25, -0.2) is 5.43 Å². The number of nitrogens with two attached hydrogens (primary N) is 1. The molecule has 1 aromatic rings. The third-order valence-electron chi connectivity index (χ3n) is 3.41. The number of nitrogen functional groups attached to an aromatic ring is 1. The standard InChI is InChI=1S/C12H19N3O/c1-7-8(2)14-15-12(7)10-5-4-9(16-3)6-11(10)13/h4-8,12,14-15H,13H2,1-3H3. The van der Waals surface area contributed by atoms with Gasteiger partial charge in [-0.3, -0.25) is 5.43 Å². The minimum Gasteiger partial charge on any atom is -0.497 e. The maximum atomic E-state index is 6.04. The second-order valence-corrected chi connectivity index (χ2v) is 4.41. The van der Waals surface area contributed by atoms with Crippen LogP contribution in [0, 0.1) is 5.92 Å². The molecule has 3 atom stereocenters. The van der Waals surface area contributed by atoms with Crippen LogP contribution in [-0.4, -0.2) is 13.2 Å². The van der Waals surface area contributed by atoms with Crippen LogP contribution in [0.1, 0.15) is 25.5 Å². The SMILES string of the molecule is COc1ccc(C2NNC(C)C2C)c(N)c1. The van der Waals surface area contributed by atoms with Gasteiger partial charge in [0.2, 0.25) is 0 Å². The molecule has 1 aliphatic rings. The summed E-state index contributed by atoms with van der Waals surface area (Å²) in [5.74, 6) is 1.31. The lowest BCUT2D eigenvalue weighted by Crippen LogP contribution is -2.29. The summed E-state index contributed by atoms with van der Waals surface area (Å²) in [4.78, 5) is 0. The van der Waals surface area contributed by atoms with Crippen LogP contribution >= 0.6 is 0 Å². The van der Waals surface area contributed by atoms with E-state index in [1.54, 1.807) is 7.11 Å². The molecule has 4 N–H and O–H groups in total. The summed E-state index contributed by atoms with van der Waals surface area (Å²) in [5.41, 5.74) is 14.5. The molecular formula is C12H19N3O. The lowest BCUT2D eigenvalue weighted by Gasteiger charge is -2.18. The number of ether oxygens (including phenoxy) is 1. The van der Waals surface area contributed by atoms with Crippen LogP contribution in [0.4, 0.5) is 5.69 Å². The molecule has 1 heterocycles. The molecule has 3 unspecified atom stereocenters. The molecule has 16 heavy (non-hydrogen) atoms. The Morgan fingerprint density at radius 1 is 1.25 bits per heavy atom. The zero-order chi connectivity index (χ0) is 11.7. The van der Waals surface area contributed by atoms with E-state index in [0.717, 1.165) is 17.0 Å². The Balaban J connectivity index is 2.27. The maximum Gasteiger partial charge on any atom is 0.120 e. The van der Waals surface area contributed by atoms with Crippen molar-refractivity contribution in [1.82, 2.24) is 10.9 Å². The van der Waals surface area contributed by atoms with E-state index < -0.39 is 0 Å². The Bertz CT molecular complexity index is 381. The minimum absolute atomic E-state index is 0.265. The van der Waals surface area contributed by atoms with Crippen molar-refractivity contribution in [3.63, 3.8) is 0 Å². The normalized spacial score (nSPS) is 29.3. The highest BCUT2D eigenvalue weighted by Gasteiger charge is 2.31. The number of rotatable bonds is 2. The average Bonchev–Trinajstić information content (AvgIpc) is 2.60. The van der Waals surface area contributed by atoms with Gasteiger partial charge in [0.25, 0.3) is 0 Å². The van der Waals surface area contributed by atoms with Crippen LogP contribution in [0.3, 0.4) is 0 Å². The zero-order valence-corrected chi connectivity index (χ0v) is 9.95. The van der Waals surface area contributed by atoms with Gasteiger partial charge in [-0.2, -0.15) is 0 Å². The number of benzene rings is 1. The number of hydrogen-bond acceptors (Lipinski definition) is 4. The fourth-order valence-electron chi connectivity index (χ4n) is 2.10. The molecule has 0 amide bonds. The topological polar surface area (TPSA) is 59.3 Å². The number of nitrogens with one attached hydrogen (secondary N) is 2. The molecule has 0 aliphatic carbocycles. The van der Waals surface area contributed by atoms with Crippen LogP contribution in [0.15, 0.2) is 18.2 Å². The maximum absolute atomic E-state index is 6.04. The minimum atomic E-state index is 0.265. The van der Waals surface area contributed by atoms with E-state index in [-0.39, 0.29) is 6.04 Å². The second-order valence-electron chi connectivity index (χ2n) is 4.41. The highest BCUT2D eigenvalue weighted by molar-refractivity contribution is 5.53. The largest absolute Gasteiger partial charge is 0.497 e. The van der Waals surface area contributed by atoms with E-state index in [2.05, 4.69) is 24.7 Å². The van der Waals surface area contributed by atoms with E-state index >= 15 is 0 Å². The Hall–Kier alpha value is -1.26. The molecule has 1 fully saturated rings. The highest BCUT2D eigenvalue weighted by atomic mass is 16.5. The summed E-state index contributed by atoms with van der Waals surface area (Å²) in [6.07, 6.45) is 0. The van der Waals surface area contributed by atoms with E-state index in [1.807, 2.05) is 18.2 Å². The van der Waals surface area contributed by atoms with Crippen LogP contribution in [0.2, 0.25) is 0 Å². The summed E-state index contributed by atoms with van der Waals surface area (Å²) in [6.45, 7) is 4.38. The summed E-state index contributed by atoms with van der Waals surface area (Å²) in [6, 6.07) is 6.56. The van der Waals surface area contributed by atoms with Gasteiger partial charge in [0.15, 0.2) is 0 Å². The van der Waals surface area contributed by atoms with Gasteiger partial charge in [0, 0.05) is 17.8 Å². The van der Waals surface area contributed by atoms with Crippen LogP contribution < -0.4 is 21.3 Å². The average molecular weight is 221 g/mol. The van der Waals surface area contributed by atoms with Gasteiger partial charge in [-0.05, 0) is 24.5 Å². The first-order chi connectivity index (χ1) is 7.63. The van der Waals surface area contributed by atoms with Gasteiger partial charge in [-0.1, -0.05) is 13.0 Å². The molecule has 0 saturated carbocycles. The first kappa shape index (κ1) is 11.2. The van der Waals surface area contributed by atoms with Crippen molar-refractivity contribution >= 4 is 5.69 Å². The van der Waals surface area contributed by atoms with E-state index in [0.29, 0.717) is 12.0 Å². The van der Waals surface area contributed by atoms with Crippen molar-refractivity contribution in [2.24, 2.45) is 5.92 Å². The Labute approximate surface area is 96.1 Å². The fourth-order valence-corrected chi connectivity index (χ4v) is 2.10. The predicted octanol–water partition coefficient (Wildman–Crippen LogP) is 1.45. The summed E-state index contributed by atoms with van der Waals surface area (Å²) in [7, 11) is 1.65. The second kappa shape index (κ2) is 4.31. The Morgan fingerprint density at radius 3 is 2.50 bits per heavy atom. The first-order valence-electron chi connectivity index (χ1n) is 5.58. The molecule has 0 radical (unpaired) electrons. The molecule has 1 saturated heterocycles. The summed E-state index contributed by atoms with van der Waals surface area (Å²) in [5, 5.41) is 0. The highest BCUT2D eigenvalue weighted by Crippen LogP contribution is 2.33. The summed E-state index contributed by atoms with van der Waals surface area (Å²) < 4.78 is 5.14. The summed E-state index contributed by atoms with van der Waals surface area (Å²) >= 11 is 0. The molecule has 1 aliphatic heterocycles. The van der Waals surface area contributed by atoms with Crippen LogP contribution in [-0.2, 0) is 0 Å². The van der Waals surface area contributed by atoms with Gasteiger partial charge < -0.3 is 10.5 Å². The third-order valence-corrected chi connectivity index (χ3v) is 3.41. The molecule has 4 nitrogen and oxygen atoms in total. The lowest BCUT2D eigenvalue weighted by atomic mass is 9.91. The molecule has 4 heteroatoms. The number of methoxy groups -OCH3 is 1. The van der Waals surface area contributed by atoms with Crippen molar-refractivity contribution in [2.75, 3.05) is 12.8 Å². The molecule has 88 valence electrons. The zero-order valence-electron chi connectivity index (χ0n) is 9.95. The van der Waals surface area contributed by atoms with Crippen molar-refractivity contribution in [3.8, 4) is 5.75 Å². The monoisotopic (exact) mass is 221 g/mol. The molecule has 1 aromatic carbocycles. The van der Waals surface area contributed by atoms with Gasteiger partial charge in [0.05, 0.1) is 13.2 Å². The molecule has 0 aromatic heterocycles. The smallest absolute Gasteiger partial charge is 0.120 e. The van der Waals surface area contributed by atoms with Crippen LogP contribution in [0.5, 0.6) is 5.75 Å². The van der Waals surface area contributed by atoms with Gasteiger partial charge in [0.1, 0.15) is 5.75 Å². The van der Waals surface area contributed by atoms with Gasteiger partial charge >= 0.3 is 0 Å². The molecule has 2 rings (SSSR count). The van der Waals surface area contributed by atoms with E-state index in [9.17, 15) is 0 Å². The van der Waals surface area contributed by atoms with Crippen molar-refractivity contribution in [2.45, 2.75) is 25.9 Å². The van der Waals surface area contributed by atoms with E-state index in [4.69, 9.17) is 10.5 Å². The Kier molecular flexibility index (Phi) is 3.03. The van der Waals surface area contributed by atoms with E-state index in [1.165, 1.54) is 0 Å². The molecular weight excluding hydrogens is 202 g/mol.